The van der Waals surface area contributed by atoms with Crippen molar-refractivity contribution in [3.05, 3.63) is 30.1 Å². The Morgan fingerprint density at radius 1 is 1.50 bits per heavy atom. The Labute approximate surface area is 73.2 Å². The van der Waals surface area contributed by atoms with E-state index in [1.54, 1.807) is 0 Å². The summed E-state index contributed by atoms with van der Waals surface area (Å²) in [7, 11) is 2.19. The summed E-state index contributed by atoms with van der Waals surface area (Å²) >= 11 is 0. The van der Waals surface area contributed by atoms with Crippen molar-refractivity contribution in [1.29, 1.82) is 0 Å². The third kappa shape index (κ3) is 1.34. The molecule has 0 amide bonds. The van der Waals surface area contributed by atoms with Crippen molar-refractivity contribution in [2.45, 2.75) is 18.9 Å². The van der Waals surface area contributed by atoms with Crippen molar-refractivity contribution in [2.24, 2.45) is 0 Å². The SMILES string of the molecule is CN1CCC[C@H]1c1cccc[nH+]1. The van der Waals surface area contributed by atoms with Gasteiger partial charge in [0.2, 0.25) is 0 Å². The van der Waals surface area contributed by atoms with E-state index in [9.17, 15) is 0 Å². The van der Waals surface area contributed by atoms with Gasteiger partial charge in [0.15, 0.2) is 11.9 Å². The van der Waals surface area contributed by atoms with Crippen LogP contribution in [0.1, 0.15) is 24.6 Å². The molecule has 1 aromatic heterocycles. The van der Waals surface area contributed by atoms with Crippen molar-refractivity contribution in [3.63, 3.8) is 0 Å². The molecule has 1 atom stereocenters. The van der Waals surface area contributed by atoms with Crippen LogP contribution in [0.3, 0.4) is 0 Å². The van der Waals surface area contributed by atoms with Crippen molar-refractivity contribution in [1.82, 2.24) is 4.90 Å². The first-order valence-corrected chi connectivity index (χ1v) is 4.55. The van der Waals surface area contributed by atoms with Gasteiger partial charge < -0.3 is 0 Å². The van der Waals surface area contributed by atoms with Crippen LogP contribution in [0.15, 0.2) is 24.4 Å². The van der Waals surface area contributed by atoms with Gasteiger partial charge in [-0.2, -0.15) is 0 Å². The normalized spacial score (nSPS) is 24.6. The minimum atomic E-state index is 0.617. The van der Waals surface area contributed by atoms with Crippen molar-refractivity contribution < 1.29 is 4.98 Å². The van der Waals surface area contributed by atoms with E-state index in [2.05, 4.69) is 29.1 Å². The maximum atomic E-state index is 3.30. The summed E-state index contributed by atoms with van der Waals surface area (Å²) < 4.78 is 0. The summed E-state index contributed by atoms with van der Waals surface area (Å²) in [6, 6.07) is 6.91. The van der Waals surface area contributed by atoms with E-state index in [-0.39, 0.29) is 0 Å². The summed E-state index contributed by atoms with van der Waals surface area (Å²) in [6.45, 7) is 1.23. The molecule has 1 aliphatic rings. The second kappa shape index (κ2) is 3.23. The van der Waals surface area contributed by atoms with Gasteiger partial charge in [0, 0.05) is 12.1 Å². The van der Waals surface area contributed by atoms with Gasteiger partial charge in [-0.15, -0.1) is 0 Å². The van der Waals surface area contributed by atoms with E-state index in [0.29, 0.717) is 6.04 Å². The minimum absolute atomic E-state index is 0.617. The van der Waals surface area contributed by atoms with Crippen LogP contribution in [0.4, 0.5) is 0 Å². The number of hydrogen-bond donors (Lipinski definition) is 0. The summed E-state index contributed by atoms with van der Waals surface area (Å²) in [6.07, 6.45) is 4.61. The lowest BCUT2D eigenvalue weighted by molar-refractivity contribution is -0.395. The summed E-state index contributed by atoms with van der Waals surface area (Å²) in [5, 5.41) is 0. The van der Waals surface area contributed by atoms with E-state index in [1.165, 1.54) is 25.1 Å². The van der Waals surface area contributed by atoms with Gasteiger partial charge >= 0.3 is 0 Å². The molecular weight excluding hydrogens is 148 g/mol. The van der Waals surface area contributed by atoms with Crippen LogP contribution in [-0.2, 0) is 0 Å². The van der Waals surface area contributed by atoms with Gasteiger partial charge in [-0.05, 0) is 26.4 Å². The lowest BCUT2D eigenvalue weighted by atomic mass is 10.1. The average molecular weight is 163 g/mol. The predicted octanol–water partition coefficient (Wildman–Crippen LogP) is 1.27. The van der Waals surface area contributed by atoms with Gasteiger partial charge in [-0.1, -0.05) is 6.07 Å². The molecule has 0 unspecified atom stereocenters. The monoisotopic (exact) mass is 163 g/mol. The number of aromatic nitrogens is 1. The smallest absolute Gasteiger partial charge is 0.196 e. The van der Waals surface area contributed by atoms with Crippen LogP contribution in [-0.4, -0.2) is 18.5 Å². The van der Waals surface area contributed by atoms with E-state index >= 15 is 0 Å². The fourth-order valence-corrected chi connectivity index (χ4v) is 1.92. The number of likely N-dealkylation sites (tertiary alicyclic amines) is 1. The second-order valence-corrected chi connectivity index (χ2v) is 3.46. The molecule has 2 heteroatoms. The molecule has 2 heterocycles. The number of hydrogen-bond acceptors (Lipinski definition) is 1. The Morgan fingerprint density at radius 3 is 3.00 bits per heavy atom. The van der Waals surface area contributed by atoms with Gasteiger partial charge in [0.25, 0.3) is 0 Å². The highest BCUT2D eigenvalue weighted by Gasteiger charge is 2.26. The molecule has 0 aliphatic carbocycles. The van der Waals surface area contributed by atoms with Crippen molar-refractivity contribution in [3.8, 4) is 0 Å². The fourth-order valence-electron chi connectivity index (χ4n) is 1.92. The third-order valence-corrected chi connectivity index (χ3v) is 2.61. The average Bonchev–Trinajstić information content (AvgIpc) is 2.53. The molecule has 0 aromatic carbocycles. The maximum absolute atomic E-state index is 3.30. The van der Waals surface area contributed by atoms with Crippen LogP contribution in [0.5, 0.6) is 0 Å². The number of rotatable bonds is 1. The zero-order valence-corrected chi connectivity index (χ0v) is 7.46. The minimum Gasteiger partial charge on any atom is -0.294 e. The number of nitrogens with one attached hydrogen (secondary N) is 1. The lowest BCUT2D eigenvalue weighted by Gasteiger charge is -2.14. The predicted molar refractivity (Wildman–Crippen MR) is 47.6 cm³/mol. The Kier molecular flexibility index (Phi) is 2.09. The van der Waals surface area contributed by atoms with E-state index in [0.717, 1.165) is 0 Å². The molecule has 12 heavy (non-hydrogen) atoms. The Hall–Kier alpha value is -0.890. The number of aromatic amines is 1. The Morgan fingerprint density at radius 2 is 2.42 bits per heavy atom. The Bertz CT molecular complexity index is 245. The molecule has 1 aromatic rings. The van der Waals surface area contributed by atoms with Crippen molar-refractivity contribution in [2.75, 3.05) is 13.6 Å². The van der Waals surface area contributed by atoms with Crippen molar-refractivity contribution >= 4 is 0 Å². The molecule has 2 nitrogen and oxygen atoms in total. The lowest BCUT2D eigenvalue weighted by Crippen LogP contribution is -2.23. The highest BCUT2D eigenvalue weighted by atomic mass is 15.2. The van der Waals surface area contributed by atoms with Gasteiger partial charge in [0.1, 0.15) is 0 Å². The first-order valence-electron chi connectivity index (χ1n) is 4.55. The first-order chi connectivity index (χ1) is 5.88. The largest absolute Gasteiger partial charge is 0.294 e. The van der Waals surface area contributed by atoms with Crippen LogP contribution < -0.4 is 4.98 Å². The molecule has 1 fully saturated rings. The molecule has 0 spiro atoms. The maximum Gasteiger partial charge on any atom is 0.196 e. The zero-order chi connectivity index (χ0) is 8.39. The van der Waals surface area contributed by atoms with E-state index in [1.807, 2.05) is 12.3 Å². The molecule has 0 radical (unpaired) electrons. The van der Waals surface area contributed by atoms with Gasteiger partial charge in [-0.25, -0.2) is 4.98 Å². The highest BCUT2D eigenvalue weighted by molar-refractivity contribution is 5.03. The number of pyridine rings is 1. The van der Waals surface area contributed by atoms with Crippen LogP contribution in [0.2, 0.25) is 0 Å². The van der Waals surface area contributed by atoms with Crippen LogP contribution >= 0.6 is 0 Å². The van der Waals surface area contributed by atoms with E-state index in [4.69, 9.17) is 0 Å². The first kappa shape index (κ1) is 7.74. The zero-order valence-electron chi connectivity index (χ0n) is 7.46. The standard InChI is InChI=1S/C10H14N2/c1-12-8-4-6-10(12)9-5-2-3-7-11-9/h2-3,5,7,10H,4,6,8H2,1H3/p+1/t10-/m0/s1. The molecule has 0 saturated carbocycles. The third-order valence-electron chi connectivity index (χ3n) is 2.61. The molecule has 64 valence electrons. The van der Waals surface area contributed by atoms with Crippen LogP contribution in [0.25, 0.3) is 0 Å². The summed E-state index contributed by atoms with van der Waals surface area (Å²) in [5.74, 6) is 0. The number of H-pyrrole nitrogens is 1. The van der Waals surface area contributed by atoms with Gasteiger partial charge in [0.05, 0.1) is 6.04 Å². The Balaban J connectivity index is 2.19. The second-order valence-electron chi connectivity index (χ2n) is 3.46. The van der Waals surface area contributed by atoms with E-state index < -0.39 is 0 Å². The fraction of sp³-hybridized carbons (Fsp3) is 0.500. The summed E-state index contributed by atoms with van der Waals surface area (Å²) in [4.78, 5) is 5.71. The topological polar surface area (TPSA) is 17.4 Å². The van der Waals surface area contributed by atoms with Crippen LogP contribution in [0, 0.1) is 0 Å². The number of nitrogens with zero attached hydrogens (tertiary/aromatic N) is 1. The quantitative estimate of drug-likeness (QED) is 0.609. The molecule has 1 saturated heterocycles. The molecular formula is C10H15N2+. The molecule has 2 rings (SSSR count). The molecule has 0 bridgehead atoms. The highest BCUT2D eigenvalue weighted by Crippen LogP contribution is 2.26. The van der Waals surface area contributed by atoms with Gasteiger partial charge in [-0.3, -0.25) is 4.90 Å². The molecule has 1 N–H and O–H groups in total. The summed E-state index contributed by atoms with van der Waals surface area (Å²) in [5.41, 5.74) is 1.34. The molecule has 1 aliphatic heterocycles.